The highest BCUT2D eigenvalue weighted by atomic mass is 35.5. The van der Waals surface area contributed by atoms with Crippen LogP contribution in [0.4, 0.5) is 0 Å². The molecule has 112 valence electrons. The predicted octanol–water partition coefficient (Wildman–Crippen LogP) is 3.00. The van der Waals surface area contributed by atoms with E-state index in [2.05, 4.69) is 12.2 Å². The van der Waals surface area contributed by atoms with Gasteiger partial charge in [0, 0.05) is 7.05 Å². The molecule has 0 radical (unpaired) electrons. The lowest BCUT2D eigenvalue weighted by molar-refractivity contribution is 0.0690. The molecule has 6 heteroatoms. The summed E-state index contributed by atoms with van der Waals surface area (Å²) in [6, 6.07) is 1.55. The van der Waals surface area contributed by atoms with Gasteiger partial charge in [0.25, 0.3) is 5.91 Å². The molecule has 1 heterocycles. The molecule has 0 saturated heterocycles. The highest BCUT2D eigenvalue weighted by Gasteiger charge is 2.36. The maximum atomic E-state index is 12.4. The second-order valence-electron chi connectivity index (χ2n) is 5.82. The monoisotopic (exact) mass is 318 g/mol. The number of halogens is 2. The zero-order valence-corrected chi connectivity index (χ0v) is 13.3. The first-order chi connectivity index (χ1) is 9.38. The third-order valence-electron chi connectivity index (χ3n) is 4.12. The molecule has 0 spiro atoms. The van der Waals surface area contributed by atoms with Gasteiger partial charge in [-0.05, 0) is 24.8 Å². The van der Waals surface area contributed by atoms with Gasteiger partial charge in [0.2, 0.25) is 0 Å². The molecule has 2 rings (SSSR count). The molecule has 2 atom stereocenters. The first-order valence-electron chi connectivity index (χ1n) is 6.82. The Labute approximate surface area is 129 Å². The third kappa shape index (κ3) is 2.97. The lowest BCUT2D eigenvalue weighted by Gasteiger charge is -2.39. The number of rotatable bonds is 3. The van der Waals surface area contributed by atoms with Crippen LogP contribution in [0.25, 0.3) is 0 Å². The summed E-state index contributed by atoms with van der Waals surface area (Å²) in [5.41, 5.74) is -0.121. The lowest BCUT2D eigenvalue weighted by atomic mass is 9.77. The molecule has 1 saturated carbocycles. The van der Waals surface area contributed by atoms with Crippen LogP contribution in [0, 0.1) is 5.92 Å². The van der Waals surface area contributed by atoms with Crippen molar-refractivity contribution in [1.82, 2.24) is 9.88 Å². The fraction of sp³-hybridized carbons (Fsp3) is 0.643. The fourth-order valence-corrected chi connectivity index (χ4v) is 3.40. The number of nitrogens with one attached hydrogen (secondary N) is 1. The molecular formula is C14H20Cl2N2O2. The van der Waals surface area contributed by atoms with E-state index in [1.807, 2.05) is 0 Å². The molecule has 0 aliphatic heterocycles. The van der Waals surface area contributed by atoms with Crippen LogP contribution in [0.3, 0.4) is 0 Å². The topological polar surface area (TPSA) is 54.3 Å². The zero-order valence-electron chi connectivity index (χ0n) is 11.7. The van der Waals surface area contributed by atoms with Gasteiger partial charge in [-0.25, -0.2) is 0 Å². The van der Waals surface area contributed by atoms with Crippen molar-refractivity contribution in [3.63, 3.8) is 0 Å². The fourth-order valence-electron chi connectivity index (χ4n) is 3.02. The largest absolute Gasteiger partial charge is 0.394 e. The van der Waals surface area contributed by atoms with Crippen molar-refractivity contribution in [3.8, 4) is 0 Å². The minimum Gasteiger partial charge on any atom is -0.394 e. The van der Waals surface area contributed by atoms with E-state index in [4.69, 9.17) is 23.2 Å². The van der Waals surface area contributed by atoms with Gasteiger partial charge >= 0.3 is 0 Å². The smallest absolute Gasteiger partial charge is 0.268 e. The van der Waals surface area contributed by atoms with E-state index in [0.717, 1.165) is 25.7 Å². The maximum absolute atomic E-state index is 12.4. The number of aromatic nitrogens is 1. The molecule has 0 bridgehead atoms. The first-order valence-corrected chi connectivity index (χ1v) is 7.58. The summed E-state index contributed by atoms with van der Waals surface area (Å²) in [6.45, 7) is 2.10. The molecule has 1 amide bonds. The third-order valence-corrected chi connectivity index (χ3v) is 4.96. The average molecular weight is 319 g/mol. The molecule has 2 N–H and O–H groups in total. The Balaban J connectivity index is 2.19. The number of carbonyl (C=O) groups excluding carboxylic acids is 1. The Morgan fingerprint density at radius 3 is 2.80 bits per heavy atom. The number of amides is 1. The lowest BCUT2D eigenvalue weighted by Crippen LogP contribution is -2.54. The van der Waals surface area contributed by atoms with Gasteiger partial charge in [-0.15, -0.1) is 0 Å². The summed E-state index contributed by atoms with van der Waals surface area (Å²) >= 11 is 11.9. The minimum atomic E-state index is -0.530. The molecule has 0 aromatic carbocycles. The van der Waals surface area contributed by atoms with Gasteiger partial charge in [-0.1, -0.05) is 43.0 Å². The summed E-state index contributed by atoms with van der Waals surface area (Å²) in [4.78, 5) is 12.4. The number of nitrogens with zero attached hydrogens (tertiary/aromatic N) is 1. The van der Waals surface area contributed by atoms with Gasteiger partial charge < -0.3 is 15.0 Å². The van der Waals surface area contributed by atoms with Crippen LogP contribution < -0.4 is 5.32 Å². The van der Waals surface area contributed by atoms with Crippen molar-refractivity contribution in [2.75, 3.05) is 6.61 Å². The summed E-state index contributed by atoms with van der Waals surface area (Å²) in [5, 5.41) is 13.4. The quantitative estimate of drug-likeness (QED) is 0.900. The molecule has 1 aromatic rings. The van der Waals surface area contributed by atoms with E-state index in [9.17, 15) is 9.90 Å². The normalized spacial score (nSPS) is 26.6. The summed E-state index contributed by atoms with van der Waals surface area (Å²) in [6.07, 6.45) is 3.74. The summed E-state index contributed by atoms with van der Waals surface area (Å²) < 4.78 is 1.55. The van der Waals surface area contributed by atoms with Crippen molar-refractivity contribution in [2.24, 2.45) is 13.0 Å². The molecule has 1 fully saturated rings. The second-order valence-corrected chi connectivity index (χ2v) is 6.59. The molecule has 20 heavy (non-hydrogen) atoms. The van der Waals surface area contributed by atoms with E-state index in [1.165, 1.54) is 0 Å². The average Bonchev–Trinajstić information content (AvgIpc) is 2.66. The molecule has 1 aliphatic carbocycles. The molecule has 2 unspecified atom stereocenters. The van der Waals surface area contributed by atoms with Crippen molar-refractivity contribution in [2.45, 2.75) is 38.1 Å². The standard InChI is InChI=1S/C14H20Cl2N2O2/c1-9-4-3-5-14(7-9,8-19)17-13(20)11-6-10(15)12(16)18(11)2/h6,9,19H,3-5,7-8H2,1-2H3,(H,17,20). The van der Waals surface area contributed by atoms with Crippen LogP contribution in [0.2, 0.25) is 10.2 Å². The molecule has 1 aliphatic rings. The van der Waals surface area contributed by atoms with Crippen molar-refractivity contribution in [3.05, 3.63) is 21.9 Å². The number of carbonyl (C=O) groups is 1. The molecular weight excluding hydrogens is 299 g/mol. The maximum Gasteiger partial charge on any atom is 0.268 e. The van der Waals surface area contributed by atoms with Crippen LogP contribution in [-0.2, 0) is 7.05 Å². The van der Waals surface area contributed by atoms with Gasteiger partial charge in [-0.2, -0.15) is 0 Å². The van der Waals surface area contributed by atoms with Crippen molar-refractivity contribution < 1.29 is 9.90 Å². The number of hydrogen-bond donors (Lipinski definition) is 2. The first kappa shape index (κ1) is 15.7. The highest BCUT2D eigenvalue weighted by molar-refractivity contribution is 6.41. The van der Waals surface area contributed by atoms with Crippen molar-refractivity contribution in [1.29, 1.82) is 0 Å². The van der Waals surface area contributed by atoms with Gasteiger partial charge in [0.15, 0.2) is 0 Å². The van der Waals surface area contributed by atoms with Crippen molar-refractivity contribution >= 4 is 29.1 Å². The van der Waals surface area contributed by atoms with Crippen LogP contribution in [-0.4, -0.2) is 27.7 Å². The van der Waals surface area contributed by atoms with E-state index in [0.29, 0.717) is 21.8 Å². The Morgan fingerprint density at radius 2 is 2.30 bits per heavy atom. The SMILES string of the molecule is CC1CCCC(CO)(NC(=O)c2cc(Cl)c(Cl)n2C)C1. The number of aliphatic hydroxyl groups excluding tert-OH is 1. The summed E-state index contributed by atoms with van der Waals surface area (Å²) in [7, 11) is 1.69. The second kappa shape index (κ2) is 5.96. The van der Waals surface area contributed by atoms with E-state index in [-0.39, 0.29) is 12.5 Å². The van der Waals surface area contributed by atoms with E-state index in [1.54, 1.807) is 17.7 Å². The Morgan fingerprint density at radius 1 is 1.60 bits per heavy atom. The number of aliphatic hydroxyl groups is 1. The van der Waals surface area contributed by atoms with Gasteiger partial charge in [0.1, 0.15) is 10.8 Å². The van der Waals surface area contributed by atoms with E-state index < -0.39 is 5.54 Å². The van der Waals surface area contributed by atoms with Gasteiger partial charge in [0.05, 0.1) is 17.2 Å². The molecule has 1 aromatic heterocycles. The Kier molecular flexibility index (Phi) is 4.67. The van der Waals surface area contributed by atoms with Crippen LogP contribution >= 0.6 is 23.2 Å². The van der Waals surface area contributed by atoms with Crippen LogP contribution in [0.1, 0.15) is 43.1 Å². The highest BCUT2D eigenvalue weighted by Crippen LogP contribution is 2.33. The zero-order chi connectivity index (χ0) is 14.9. The Bertz CT molecular complexity index is 516. The number of hydrogen-bond acceptors (Lipinski definition) is 2. The van der Waals surface area contributed by atoms with E-state index >= 15 is 0 Å². The predicted molar refractivity (Wildman–Crippen MR) is 80.3 cm³/mol. The van der Waals surface area contributed by atoms with Crippen LogP contribution in [0.15, 0.2) is 6.07 Å². The minimum absolute atomic E-state index is 0.0467. The summed E-state index contributed by atoms with van der Waals surface area (Å²) in [5.74, 6) is 0.251. The van der Waals surface area contributed by atoms with Gasteiger partial charge in [-0.3, -0.25) is 4.79 Å². The molecule has 4 nitrogen and oxygen atoms in total. The van der Waals surface area contributed by atoms with Crippen LogP contribution in [0.5, 0.6) is 0 Å². The Hall–Kier alpha value is -0.710.